The normalized spacial score (nSPS) is 15.4. The molecule has 0 saturated heterocycles. The topological polar surface area (TPSA) is 63.3 Å². The fourth-order valence-electron chi connectivity index (χ4n) is 1.31. The summed E-state index contributed by atoms with van der Waals surface area (Å²) in [7, 11) is 0. The first kappa shape index (κ1) is 13.5. The Morgan fingerprint density at radius 2 is 1.76 bits per heavy atom. The largest absolute Gasteiger partial charge is 0.480 e. The summed E-state index contributed by atoms with van der Waals surface area (Å²) in [6, 6.07) is 4.29. The molecule has 0 unspecified atom stereocenters. The van der Waals surface area contributed by atoms with Crippen LogP contribution in [0.4, 0.5) is 13.2 Å². The van der Waals surface area contributed by atoms with Gasteiger partial charge in [0.2, 0.25) is 0 Å². The molecule has 1 rings (SSSR count). The van der Waals surface area contributed by atoms with E-state index in [1.165, 1.54) is 19.1 Å². The Kier molecular flexibility index (Phi) is 3.47. The first-order chi connectivity index (χ1) is 7.63. The number of hydrogen-bond acceptors (Lipinski definition) is 2. The highest BCUT2D eigenvalue weighted by Crippen LogP contribution is 2.29. The van der Waals surface area contributed by atoms with Crippen LogP contribution in [0.1, 0.15) is 18.1 Å². The molecular weight excluding hydrogens is 235 g/mol. The Bertz CT molecular complexity index is 410. The lowest BCUT2D eigenvalue weighted by molar-refractivity contribution is -0.142. The first-order valence-corrected chi connectivity index (χ1v) is 4.81. The second kappa shape index (κ2) is 4.37. The van der Waals surface area contributed by atoms with Crippen molar-refractivity contribution in [1.82, 2.24) is 0 Å². The number of carboxylic acid groups (broad SMARTS) is 1. The molecule has 3 N–H and O–H groups in total. The minimum atomic E-state index is -4.39. The number of aliphatic carboxylic acids is 1. The molecule has 0 aliphatic heterocycles. The van der Waals surface area contributed by atoms with Crippen molar-refractivity contribution in [2.45, 2.75) is 25.1 Å². The molecule has 1 aromatic carbocycles. The molecule has 0 spiro atoms. The van der Waals surface area contributed by atoms with E-state index in [0.717, 1.165) is 12.1 Å². The molecule has 17 heavy (non-hydrogen) atoms. The van der Waals surface area contributed by atoms with E-state index < -0.39 is 23.2 Å². The Morgan fingerprint density at radius 1 is 1.29 bits per heavy atom. The van der Waals surface area contributed by atoms with Gasteiger partial charge in [-0.15, -0.1) is 0 Å². The van der Waals surface area contributed by atoms with Gasteiger partial charge in [-0.25, -0.2) is 0 Å². The summed E-state index contributed by atoms with van der Waals surface area (Å²) in [5.74, 6) is -1.20. The second-order valence-corrected chi connectivity index (χ2v) is 4.09. The zero-order valence-corrected chi connectivity index (χ0v) is 9.08. The van der Waals surface area contributed by atoms with Crippen LogP contribution in [0, 0.1) is 0 Å². The van der Waals surface area contributed by atoms with Gasteiger partial charge in [0.15, 0.2) is 0 Å². The van der Waals surface area contributed by atoms with Crippen LogP contribution in [-0.4, -0.2) is 16.6 Å². The van der Waals surface area contributed by atoms with E-state index in [-0.39, 0.29) is 6.42 Å². The minimum absolute atomic E-state index is 0.0273. The van der Waals surface area contributed by atoms with Crippen LogP contribution >= 0.6 is 0 Å². The molecule has 0 aliphatic rings. The zero-order chi connectivity index (χ0) is 13.3. The van der Waals surface area contributed by atoms with Crippen molar-refractivity contribution in [1.29, 1.82) is 0 Å². The van der Waals surface area contributed by atoms with Gasteiger partial charge in [0.1, 0.15) is 5.54 Å². The van der Waals surface area contributed by atoms with Crippen LogP contribution in [0.3, 0.4) is 0 Å². The number of halogens is 3. The number of alkyl halides is 3. The van der Waals surface area contributed by atoms with Gasteiger partial charge in [-0.05, 0) is 24.6 Å². The van der Waals surface area contributed by atoms with Gasteiger partial charge in [-0.1, -0.05) is 12.1 Å². The maximum absolute atomic E-state index is 12.3. The second-order valence-electron chi connectivity index (χ2n) is 4.09. The Labute approximate surface area is 96.0 Å². The van der Waals surface area contributed by atoms with E-state index in [1.807, 2.05) is 0 Å². The minimum Gasteiger partial charge on any atom is -0.480 e. The number of rotatable bonds is 3. The summed E-state index contributed by atoms with van der Waals surface area (Å²) in [6.45, 7) is 1.31. The average molecular weight is 247 g/mol. The smallest absolute Gasteiger partial charge is 0.416 e. The van der Waals surface area contributed by atoms with Crippen LogP contribution in [0.2, 0.25) is 0 Å². The van der Waals surface area contributed by atoms with E-state index >= 15 is 0 Å². The van der Waals surface area contributed by atoms with Crippen molar-refractivity contribution >= 4 is 5.97 Å². The number of hydrogen-bond donors (Lipinski definition) is 2. The van der Waals surface area contributed by atoms with E-state index in [2.05, 4.69) is 0 Å². The maximum Gasteiger partial charge on any atom is 0.416 e. The van der Waals surface area contributed by atoms with Gasteiger partial charge in [0.05, 0.1) is 5.56 Å². The quantitative estimate of drug-likeness (QED) is 0.859. The van der Waals surface area contributed by atoms with Crippen molar-refractivity contribution in [2.75, 3.05) is 0 Å². The molecule has 0 aromatic heterocycles. The fraction of sp³-hybridized carbons (Fsp3) is 0.364. The maximum atomic E-state index is 12.3. The van der Waals surface area contributed by atoms with Crippen molar-refractivity contribution in [2.24, 2.45) is 5.73 Å². The molecule has 0 radical (unpaired) electrons. The highest BCUT2D eigenvalue weighted by atomic mass is 19.4. The number of carbonyl (C=O) groups is 1. The van der Waals surface area contributed by atoms with Crippen LogP contribution in [0.15, 0.2) is 24.3 Å². The third-order valence-electron chi connectivity index (χ3n) is 2.34. The van der Waals surface area contributed by atoms with Crippen molar-refractivity contribution in [3.05, 3.63) is 35.4 Å². The molecule has 1 atom stereocenters. The first-order valence-electron chi connectivity index (χ1n) is 4.81. The highest BCUT2D eigenvalue weighted by Gasteiger charge is 2.31. The molecule has 3 nitrogen and oxygen atoms in total. The molecule has 6 heteroatoms. The monoisotopic (exact) mass is 247 g/mol. The Morgan fingerprint density at radius 3 is 2.12 bits per heavy atom. The Hall–Kier alpha value is -1.56. The summed E-state index contributed by atoms with van der Waals surface area (Å²) in [5, 5.41) is 8.78. The van der Waals surface area contributed by atoms with E-state index in [1.54, 1.807) is 0 Å². The summed E-state index contributed by atoms with van der Waals surface area (Å²) in [6.07, 6.45) is -4.42. The lowest BCUT2D eigenvalue weighted by Gasteiger charge is -2.19. The lowest BCUT2D eigenvalue weighted by atomic mass is 9.93. The van der Waals surface area contributed by atoms with E-state index in [4.69, 9.17) is 10.8 Å². The van der Waals surface area contributed by atoms with Crippen LogP contribution in [0.5, 0.6) is 0 Å². The fourth-order valence-corrected chi connectivity index (χ4v) is 1.31. The molecule has 0 fully saturated rings. The zero-order valence-electron chi connectivity index (χ0n) is 9.08. The standard InChI is InChI=1S/C11H12F3NO2/c1-10(15,9(16)17)6-7-2-4-8(5-3-7)11(12,13)14/h2-5H,6,15H2,1H3,(H,16,17)/t10-/m0/s1. The number of nitrogens with two attached hydrogens (primary N) is 1. The lowest BCUT2D eigenvalue weighted by Crippen LogP contribution is -2.46. The molecule has 1 aromatic rings. The van der Waals surface area contributed by atoms with Gasteiger partial charge in [-0.3, -0.25) is 4.79 Å². The summed E-state index contributed by atoms with van der Waals surface area (Å²) >= 11 is 0. The number of benzene rings is 1. The molecule has 0 bridgehead atoms. The third-order valence-corrected chi connectivity index (χ3v) is 2.34. The van der Waals surface area contributed by atoms with Gasteiger partial charge >= 0.3 is 12.1 Å². The van der Waals surface area contributed by atoms with E-state index in [0.29, 0.717) is 5.56 Å². The molecule has 0 saturated carbocycles. The van der Waals surface area contributed by atoms with Gasteiger partial charge in [0, 0.05) is 6.42 Å². The van der Waals surface area contributed by atoms with Crippen molar-refractivity contribution < 1.29 is 23.1 Å². The Balaban J connectivity index is 2.86. The van der Waals surface area contributed by atoms with Gasteiger partial charge in [0.25, 0.3) is 0 Å². The average Bonchev–Trinajstić information content (AvgIpc) is 2.16. The van der Waals surface area contributed by atoms with Gasteiger partial charge in [-0.2, -0.15) is 13.2 Å². The molecule has 0 heterocycles. The SMILES string of the molecule is C[C@](N)(Cc1ccc(C(F)(F)F)cc1)C(=O)O. The predicted octanol–water partition coefficient (Wildman–Crippen LogP) is 2.05. The van der Waals surface area contributed by atoms with Gasteiger partial charge < -0.3 is 10.8 Å². The summed E-state index contributed by atoms with van der Waals surface area (Å²) < 4.78 is 36.8. The summed E-state index contributed by atoms with van der Waals surface area (Å²) in [4.78, 5) is 10.7. The molecule has 0 amide bonds. The van der Waals surface area contributed by atoms with Crippen LogP contribution in [-0.2, 0) is 17.4 Å². The summed E-state index contributed by atoms with van der Waals surface area (Å²) in [5.41, 5.74) is 3.69. The molecular formula is C11H12F3NO2. The van der Waals surface area contributed by atoms with Crippen molar-refractivity contribution in [3.63, 3.8) is 0 Å². The van der Waals surface area contributed by atoms with Crippen molar-refractivity contribution in [3.8, 4) is 0 Å². The molecule has 0 aliphatic carbocycles. The molecule has 94 valence electrons. The van der Waals surface area contributed by atoms with Crippen LogP contribution < -0.4 is 5.73 Å². The number of carboxylic acids is 1. The predicted molar refractivity (Wildman–Crippen MR) is 55.4 cm³/mol. The van der Waals surface area contributed by atoms with E-state index in [9.17, 15) is 18.0 Å². The van der Waals surface area contributed by atoms with Crippen LogP contribution in [0.25, 0.3) is 0 Å². The third kappa shape index (κ3) is 3.45. The highest BCUT2D eigenvalue weighted by molar-refractivity contribution is 5.78.